The van der Waals surface area contributed by atoms with Crippen LogP contribution in [0.4, 0.5) is 13.2 Å². The lowest BCUT2D eigenvalue weighted by Gasteiger charge is -2.18. The summed E-state index contributed by atoms with van der Waals surface area (Å²) in [4.78, 5) is 42.3. The van der Waals surface area contributed by atoms with Crippen molar-refractivity contribution in [1.29, 1.82) is 0 Å². The number of nitrogens with zero attached hydrogens (tertiary/aromatic N) is 4. The van der Waals surface area contributed by atoms with Gasteiger partial charge in [-0.2, -0.15) is 0 Å². The molecule has 2 N–H and O–H groups in total. The molecule has 0 amide bonds. The summed E-state index contributed by atoms with van der Waals surface area (Å²) in [5.74, 6) is -2.18. The van der Waals surface area contributed by atoms with Gasteiger partial charge >= 0.3 is 5.97 Å². The Balaban J connectivity index is 1.34. The van der Waals surface area contributed by atoms with E-state index < -0.39 is 29.0 Å². The molecule has 2 aromatic heterocycles. The number of aliphatic carboxylic acids is 1. The van der Waals surface area contributed by atoms with E-state index in [1.807, 2.05) is 0 Å². The number of rotatable bonds is 8. The van der Waals surface area contributed by atoms with Crippen molar-refractivity contribution in [1.82, 2.24) is 19.5 Å². The maximum atomic E-state index is 14.2. The number of aromatic nitrogens is 4. The minimum absolute atomic E-state index is 0.00658. The molecule has 3 aromatic carbocycles. The van der Waals surface area contributed by atoms with Gasteiger partial charge in [0.2, 0.25) is 0 Å². The average Bonchev–Trinajstić information content (AvgIpc) is 3.57. The number of oxime groups is 1. The number of fused-ring (bicyclic) bond motifs is 2. The topological polar surface area (TPSA) is 122 Å². The molecule has 0 bridgehead atoms. The summed E-state index contributed by atoms with van der Waals surface area (Å²) in [6, 6.07) is 12.5. The van der Waals surface area contributed by atoms with Crippen molar-refractivity contribution in [2.24, 2.45) is 5.16 Å². The van der Waals surface area contributed by atoms with Crippen LogP contribution in [0.1, 0.15) is 49.8 Å². The van der Waals surface area contributed by atoms with Crippen LogP contribution in [0.5, 0.6) is 0 Å². The van der Waals surface area contributed by atoms with Crippen LogP contribution in [0.15, 0.2) is 64.5 Å². The lowest BCUT2D eigenvalue weighted by molar-refractivity contribution is -0.137. The van der Waals surface area contributed by atoms with E-state index in [9.17, 15) is 22.8 Å². The molecular weight excluding hydrogens is 551 g/mol. The molecule has 0 radical (unpaired) electrons. The van der Waals surface area contributed by atoms with Crippen LogP contribution in [-0.4, -0.2) is 36.3 Å². The van der Waals surface area contributed by atoms with E-state index in [4.69, 9.17) is 14.9 Å². The Kier molecular flexibility index (Phi) is 6.76. The molecule has 1 atom stereocenters. The molecule has 12 heteroatoms. The first kappa shape index (κ1) is 27.2. The van der Waals surface area contributed by atoms with Crippen LogP contribution >= 0.6 is 0 Å². The quantitative estimate of drug-likeness (QED) is 0.235. The first-order valence-corrected chi connectivity index (χ1v) is 13.3. The SMILES string of the molecule is C[C@@]1(c2nc3c(F)cc(F)cc3[nH]2)CC(c2ccc3c(=O)n(-c4ccc(F)cc4)c(CCCCC(=O)O)nc3c2)=NO1. The number of halogens is 3. The molecule has 1 aliphatic rings. The van der Waals surface area contributed by atoms with Crippen molar-refractivity contribution in [2.45, 2.75) is 44.6 Å². The van der Waals surface area contributed by atoms with Crippen molar-refractivity contribution in [3.63, 3.8) is 0 Å². The van der Waals surface area contributed by atoms with Gasteiger partial charge in [-0.25, -0.2) is 23.1 Å². The van der Waals surface area contributed by atoms with Gasteiger partial charge in [0.05, 0.1) is 27.8 Å². The van der Waals surface area contributed by atoms with Gasteiger partial charge in [-0.1, -0.05) is 11.2 Å². The zero-order valence-corrected chi connectivity index (χ0v) is 22.3. The first-order valence-electron chi connectivity index (χ1n) is 13.3. The number of H-pyrrole nitrogens is 1. The lowest BCUT2D eigenvalue weighted by atomic mass is 9.95. The summed E-state index contributed by atoms with van der Waals surface area (Å²) < 4.78 is 43.0. The summed E-state index contributed by atoms with van der Waals surface area (Å²) in [6.07, 6.45) is 1.44. The molecule has 0 saturated carbocycles. The molecule has 0 saturated heterocycles. The van der Waals surface area contributed by atoms with Gasteiger partial charge < -0.3 is 14.9 Å². The minimum Gasteiger partial charge on any atom is -0.481 e. The minimum atomic E-state index is -1.08. The normalized spacial score (nSPS) is 16.6. The number of benzene rings is 3. The van der Waals surface area contributed by atoms with Crippen LogP contribution in [-0.2, 0) is 21.7 Å². The Morgan fingerprint density at radius 2 is 1.83 bits per heavy atom. The van der Waals surface area contributed by atoms with E-state index in [1.54, 1.807) is 25.1 Å². The van der Waals surface area contributed by atoms with E-state index in [-0.39, 0.29) is 35.3 Å². The number of hydrogen-bond acceptors (Lipinski definition) is 6. The first-order chi connectivity index (χ1) is 20.1. The van der Waals surface area contributed by atoms with Crippen LogP contribution in [0, 0.1) is 17.5 Å². The lowest BCUT2D eigenvalue weighted by Crippen LogP contribution is -2.25. The molecule has 9 nitrogen and oxygen atoms in total. The van der Waals surface area contributed by atoms with Crippen molar-refractivity contribution in [2.75, 3.05) is 0 Å². The van der Waals surface area contributed by atoms with Gasteiger partial charge in [-0.05, 0) is 62.2 Å². The van der Waals surface area contributed by atoms with Crippen LogP contribution in [0.2, 0.25) is 0 Å². The molecule has 5 aromatic rings. The fourth-order valence-electron chi connectivity index (χ4n) is 5.11. The third-order valence-corrected chi connectivity index (χ3v) is 7.27. The summed E-state index contributed by atoms with van der Waals surface area (Å²) in [6.45, 7) is 1.73. The Morgan fingerprint density at radius 1 is 1.05 bits per heavy atom. The highest BCUT2D eigenvalue weighted by Crippen LogP contribution is 2.36. The summed E-state index contributed by atoms with van der Waals surface area (Å²) in [7, 11) is 0. The molecule has 42 heavy (non-hydrogen) atoms. The fraction of sp³-hybridized carbons (Fsp3) is 0.233. The van der Waals surface area contributed by atoms with Crippen molar-refractivity contribution in [3.05, 3.63) is 99.6 Å². The number of aryl methyl sites for hydroxylation is 1. The maximum absolute atomic E-state index is 14.2. The van der Waals surface area contributed by atoms with Gasteiger partial charge in [0.25, 0.3) is 5.56 Å². The molecule has 3 heterocycles. The number of aromatic amines is 1. The third-order valence-electron chi connectivity index (χ3n) is 7.27. The molecule has 1 aliphatic heterocycles. The van der Waals surface area contributed by atoms with Crippen LogP contribution < -0.4 is 5.56 Å². The molecule has 0 fully saturated rings. The second-order valence-electron chi connectivity index (χ2n) is 10.4. The predicted molar refractivity (Wildman–Crippen MR) is 148 cm³/mol. The smallest absolute Gasteiger partial charge is 0.303 e. The van der Waals surface area contributed by atoms with Crippen molar-refractivity contribution < 1.29 is 27.9 Å². The largest absolute Gasteiger partial charge is 0.481 e. The van der Waals surface area contributed by atoms with E-state index in [2.05, 4.69) is 15.1 Å². The number of unbranched alkanes of at least 4 members (excludes halogenated alkanes) is 1. The van der Waals surface area contributed by atoms with E-state index in [0.29, 0.717) is 53.0 Å². The van der Waals surface area contributed by atoms with Crippen molar-refractivity contribution in [3.8, 4) is 5.69 Å². The zero-order valence-electron chi connectivity index (χ0n) is 22.3. The van der Waals surface area contributed by atoms with Gasteiger partial charge in [0, 0.05) is 30.9 Å². The standard InChI is InChI=1S/C30H24F3N5O4/c1-30(29-35-23-14-18(32)13-21(33)27(23)36-29)15-24(37-42-30)16-6-11-20-22(12-16)34-25(4-2-3-5-26(39)40)38(28(20)41)19-9-7-17(31)8-10-19/h6-14H,2-5,15H2,1H3,(H,35,36)(H,39,40)/t30-/m0/s1. The zero-order chi connectivity index (χ0) is 29.6. The Labute approximate surface area is 236 Å². The molecular formula is C30H24F3N5O4. The Morgan fingerprint density at radius 3 is 2.60 bits per heavy atom. The van der Waals surface area contributed by atoms with Crippen LogP contribution in [0.3, 0.4) is 0 Å². The number of carboxylic acids is 1. The Bertz CT molecular complexity index is 1950. The highest BCUT2D eigenvalue weighted by molar-refractivity contribution is 6.04. The number of carboxylic acid groups (broad SMARTS) is 1. The van der Waals surface area contributed by atoms with E-state index >= 15 is 0 Å². The number of carbonyl (C=O) groups is 1. The predicted octanol–water partition coefficient (Wildman–Crippen LogP) is 5.52. The van der Waals surface area contributed by atoms with E-state index in [0.717, 1.165) is 12.1 Å². The summed E-state index contributed by atoms with van der Waals surface area (Å²) >= 11 is 0. The fourth-order valence-corrected chi connectivity index (χ4v) is 5.11. The molecule has 0 unspecified atom stereocenters. The van der Waals surface area contributed by atoms with Gasteiger partial charge in [0.1, 0.15) is 23.0 Å². The maximum Gasteiger partial charge on any atom is 0.303 e. The second kappa shape index (κ2) is 10.4. The van der Waals surface area contributed by atoms with Gasteiger partial charge in [-0.15, -0.1) is 0 Å². The van der Waals surface area contributed by atoms with Gasteiger partial charge in [0.15, 0.2) is 17.2 Å². The highest BCUT2D eigenvalue weighted by Gasteiger charge is 2.40. The molecule has 214 valence electrons. The van der Waals surface area contributed by atoms with E-state index in [1.165, 1.54) is 28.8 Å². The number of nitrogens with one attached hydrogen (secondary N) is 1. The Hall–Kier alpha value is -5.00. The second-order valence-corrected chi connectivity index (χ2v) is 10.4. The monoisotopic (exact) mass is 575 g/mol. The summed E-state index contributed by atoms with van der Waals surface area (Å²) in [5.41, 5.74) is 0.790. The van der Waals surface area contributed by atoms with Gasteiger partial charge in [-0.3, -0.25) is 14.2 Å². The highest BCUT2D eigenvalue weighted by atomic mass is 19.1. The molecule has 0 aliphatic carbocycles. The molecule has 0 spiro atoms. The van der Waals surface area contributed by atoms with Crippen molar-refractivity contribution >= 4 is 33.6 Å². The van der Waals surface area contributed by atoms with Crippen LogP contribution in [0.25, 0.3) is 27.6 Å². The molecule has 6 rings (SSSR count). The average molecular weight is 576 g/mol. The number of hydrogen-bond donors (Lipinski definition) is 2. The number of imidazole rings is 1. The third kappa shape index (κ3) is 5.00. The summed E-state index contributed by atoms with van der Waals surface area (Å²) in [5, 5.41) is 13.6.